The monoisotopic (exact) mass is 345 g/mol. The maximum atomic E-state index is 5.82. The zero-order valence-corrected chi connectivity index (χ0v) is 14.2. The van der Waals surface area contributed by atoms with Crippen molar-refractivity contribution in [3.8, 4) is 11.5 Å². The van der Waals surface area contributed by atoms with Gasteiger partial charge in [-0.2, -0.15) is 0 Å². The third-order valence-electron chi connectivity index (χ3n) is 2.81. The summed E-state index contributed by atoms with van der Waals surface area (Å²) < 4.78 is 17.6. The zero-order valence-electron chi connectivity index (χ0n) is 12.7. The molecule has 0 radical (unpaired) electrons. The van der Waals surface area contributed by atoms with Crippen LogP contribution in [0.1, 0.15) is 26.3 Å². The summed E-state index contributed by atoms with van der Waals surface area (Å²) in [4.78, 5) is 0. The molecule has 0 fully saturated rings. The maximum absolute atomic E-state index is 5.82. The fourth-order valence-electron chi connectivity index (χ4n) is 1.66. The molecule has 0 spiro atoms. The van der Waals surface area contributed by atoms with E-state index in [0.717, 1.165) is 34.6 Å². The van der Waals surface area contributed by atoms with E-state index in [1.165, 1.54) is 0 Å². The van der Waals surface area contributed by atoms with Crippen LogP contribution in [0.4, 0.5) is 0 Å². The van der Waals surface area contributed by atoms with Crippen LogP contribution in [0.25, 0.3) is 0 Å². The highest BCUT2D eigenvalue weighted by molar-refractivity contribution is 9.10. The van der Waals surface area contributed by atoms with Crippen LogP contribution in [0.15, 0.2) is 16.6 Å². The second-order valence-corrected chi connectivity index (χ2v) is 5.33. The molecule has 1 N–H and O–H groups in total. The van der Waals surface area contributed by atoms with E-state index in [2.05, 4.69) is 34.2 Å². The summed E-state index contributed by atoms with van der Waals surface area (Å²) >= 11 is 3.56. The van der Waals surface area contributed by atoms with Gasteiger partial charge in [0.1, 0.15) is 6.61 Å². The number of halogens is 1. The number of ether oxygens (including phenoxy) is 3. The molecule has 0 aliphatic heterocycles. The van der Waals surface area contributed by atoms with Gasteiger partial charge in [-0.3, -0.25) is 0 Å². The van der Waals surface area contributed by atoms with Crippen LogP contribution in [-0.2, 0) is 11.3 Å². The lowest BCUT2D eigenvalue weighted by Crippen LogP contribution is -2.17. The first kappa shape index (κ1) is 17.3. The SMILES string of the molecule is CCNCc1cc(Br)c(OCC(C)OC)c(OCC)c1. The normalized spacial score (nSPS) is 12.2. The van der Waals surface area contributed by atoms with Gasteiger partial charge in [-0.1, -0.05) is 6.92 Å². The first-order chi connectivity index (χ1) is 9.62. The molecule has 0 aliphatic carbocycles. The maximum Gasteiger partial charge on any atom is 0.175 e. The minimum absolute atomic E-state index is 0.0396. The molecule has 0 aromatic heterocycles. The van der Waals surface area contributed by atoms with Crippen molar-refractivity contribution in [2.75, 3.05) is 26.9 Å². The Morgan fingerprint density at radius 2 is 2.00 bits per heavy atom. The van der Waals surface area contributed by atoms with Gasteiger partial charge in [0.15, 0.2) is 11.5 Å². The van der Waals surface area contributed by atoms with Gasteiger partial charge in [-0.25, -0.2) is 0 Å². The van der Waals surface area contributed by atoms with E-state index in [0.29, 0.717) is 13.2 Å². The molecule has 1 aromatic carbocycles. The minimum atomic E-state index is 0.0396. The fourth-order valence-corrected chi connectivity index (χ4v) is 2.27. The smallest absolute Gasteiger partial charge is 0.175 e. The van der Waals surface area contributed by atoms with E-state index in [1.807, 2.05) is 19.9 Å². The molecule has 1 unspecified atom stereocenters. The Hall–Kier alpha value is -0.780. The summed E-state index contributed by atoms with van der Waals surface area (Å²) in [5, 5.41) is 3.30. The standard InChI is InChI=1S/C15H24BrNO3/c1-5-17-9-12-7-13(16)15(14(8-12)19-6-2)20-10-11(3)18-4/h7-8,11,17H,5-6,9-10H2,1-4H3. The van der Waals surface area contributed by atoms with Crippen LogP contribution >= 0.6 is 15.9 Å². The van der Waals surface area contributed by atoms with Crippen molar-refractivity contribution in [1.82, 2.24) is 5.32 Å². The molecule has 1 aromatic rings. The fraction of sp³-hybridized carbons (Fsp3) is 0.600. The second kappa shape index (κ2) is 9.21. The van der Waals surface area contributed by atoms with E-state index in [9.17, 15) is 0 Å². The molecule has 4 nitrogen and oxygen atoms in total. The Morgan fingerprint density at radius 3 is 2.60 bits per heavy atom. The van der Waals surface area contributed by atoms with Crippen molar-refractivity contribution in [1.29, 1.82) is 0 Å². The molecule has 0 saturated heterocycles. The first-order valence-electron chi connectivity index (χ1n) is 6.93. The van der Waals surface area contributed by atoms with Gasteiger partial charge < -0.3 is 19.5 Å². The molecule has 20 heavy (non-hydrogen) atoms. The van der Waals surface area contributed by atoms with Crippen LogP contribution in [0, 0.1) is 0 Å². The Bertz CT molecular complexity index is 412. The molecule has 114 valence electrons. The van der Waals surface area contributed by atoms with Crippen LogP contribution in [0.2, 0.25) is 0 Å². The van der Waals surface area contributed by atoms with Crippen LogP contribution < -0.4 is 14.8 Å². The number of hydrogen-bond acceptors (Lipinski definition) is 4. The van der Waals surface area contributed by atoms with Crippen molar-refractivity contribution >= 4 is 15.9 Å². The first-order valence-corrected chi connectivity index (χ1v) is 7.73. The second-order valence-electron chi connectivity index (χ2n) is 4.48. The number of rotatable bonds is 9. The zero-order chi connectivity index (χ0) is 15.0. The quantitative estimate of drug-likeness (QED) is 0.744. The molecular formula is C15H24BrNO3. The highest BCUT2D eigenvalue weighted by atomic mass is 79.9. The van der Waals surface area contributed by atoms with Gasteiger partial charge in [0.2, 0.25) is 0 Å². The van der Waals surface area contributed by atoms with Gasteiger partial charge in [0.25, 0.3) is 0 Å². The average molecular weight is 346 g/mol. The molecule has 5 heteroatoms. The molecule has 1 atom stereocenters. The van der Waals surface area contributed by atoms with E-state index in [-0.39, 0.29) is 6.10 Å². The molecular weight excluding hydrogens is 322 g/mol. The highest BCUT2D eigenvalue weighted by Crippen LogP contribution is 2.37. The Kier molecular flexibility index (Phi) is 7.95. The third-order valence-corrected chi connectivity index (χ3v) is 3.40. The predicted octanol–water partition coefficient (Wildman–Crippen LogP) is 3.37. The van der Waals surface area contributed by atoms with Gasteiger partial charge in [-0.05, 0) is 54.0 Å². The Balaban J connectivity index is 2.90. The molecule has 0 aliphatic rings. The van der Waals surface area contributed by atoms with Crippen LogP contribution in [0.3, 0.4) is 0 Å². The molecule has 0 saturated carbocycles. The Morgan fingerprint density at radius 1 is 1.25 bits per heavy atom. The lowest BCUT2D eigenvalue weighted by Gasteiger charge is -2.17. The lowest BCUT2D eigenvalue weighted by atomic mass is 10.2. The van der Waals surface area contributed by atoms with Crippen molar-refractivity contribution in [3.05, 3.63) is 22.2 Å². The molecule has 1 rings (SSSR count). The largest absolute Gasteiger partial charge is 0.490 e. The van der Waals surface area contributed by atoms with Crippen molar-refractivity contribution in [3.63, 3.8) is 0 Å². The van der Waals surface area contributed by atoms with Gasteiger partial charge in [0, 0.05) is 13.7 Å². The van der Waals surface area contributed by atoms with Crippen LogP contribution in [0.5, 0.6) is 11.5 Å². The molecule has 0 amide bonds. The summed E-state index contributed by atoms with van der Waals surface area (Å²) in [5.74, 6) is 1.49. The number of benzene rings is 1. The summed E-state index contributed by atoms with van der Waals surface area (Å²) in [7, 11) is 1.67. The summed E-state index contributed by atoms with van der Waals surface area (Å²) in [6.45, 7) is 8.85. The van der Waals surface area contributed by atoms with Gasteiger partial charge in [-0.15, -0.1) is 0 Å². The topological polar surface area (TPSA) is 39.7 Å². The van der Waals surface area contributed by atoms with E-state index < -0.39 is 0 Å². The van der Waals surface area contributed by atoms with Crippen molar-refractivity contribution in [2.45, 2.75) is 33.4 Å². The Labute approximate surface area is 129 Å². The summed E-state index contributed by atoms with van der Waals surface area (Å²) in [5.41, 5.74) is 1.16. The van der Waals surface area contributed by atoms with Crippen molar-refractivity contribution < 1.29 is 14.2 Å². The third kappa shape index (κ3) is 5.31. The molecule has 0 bridgehead atoms. The number of hydrogen-bond donors (Lipinski definition) is 1. The number of methoxy groups -OCH3 is 1. The van der Waals surface area contributed by atoms with Crippen molar-refractivity contribution in [2.24, 2.45) is 0 Å². The lowest BCUT2D eigenvalue weighted by molar-refractivity contribution is 0.0700. The van der Waals surface area contributed by atoms with E-state index in [4.69, 9.17) is 14.2 Å². The summed E-state index contributed by atoms with van der Waals surface area (Å²) in [6, 6.07) is 4.07. The molecule has 0 heterocycles. The van der Waals surface area contributed by atoms with Gasteiger partial charge in [0.05, 0.1) is 17.2 Å². The minimum Gasteiger partial charge on any atom is -0.490 e. The van der Waals surface area contributed by atoms with Gasteiger partial charge >= 0.3 is 0 Å². The number of nitrogens with one attached hydrogen (secondary N) is 1. The predicted molar refractivity (Wildman–Crippen MR) is 84.7 cm³/mol. The van der Waals surface area contributed by atoms with E-state index in [1.54, 1.807) is 7.11 Å². The highest BCUT2D eigenvalue weighted by Gasteiger charge is 2.13. The summed E-state index contributed by atoms with van der Waals surface area (Å²) in [6.07, 6.45) is 0.0396. The van der Waals surface area contributed by atoms with Crippen LogP contribution in [-0.4, -0.2) is 33.0 Å². The van der Waals surface area contributed by atoms with E-state index >= 15 is 0 Å². The average Bonchev–Trinajstić information content (AvgIpc) is 2.44.